The molecular formula is C31H34Cl2N2O3. The highest BCUT2D eigenvalue weighted by Crippen LogP contribution is 2.27. The fraction of sp³-hybridized carbons (Fsp3) is 0.226. The van der Waals surface area contributed by atoms with Crippen LogP contribution in [0.2, 0.25) is 10.0 Å². The molecule has 0 amide bonds. The Balaban J connectivity index is 0.000000380. The first-order valence-electron chi connectivity index (χ1n) is 12.2. The van der Waals surface area contributed by atoms with E-state index in [4.69, 9.17) is 38.8 Å². The largest absolute Gasteiger partial charge is 0.494 e. The van der Waals surface area contributed by atoms with Gasteiger partial charge in [0.2, 0.25) is 0 Å². The minimum atomic E-state index is -0.800. The number of benzene rings is 2. The van der Waals surface area contributed by atoms with E-state index < -0.39 is 5.97 Å². The van der Waals surface area contributed by atoms with Crippen LogP contribution in [0.5, 0.6) is 5.75 Å². The molecule has 2 aromatic rings. The minimum Gasteiger partial charge on any atom is -0.494 e. The van der Waals surface area contributed by atoms with E-state index in [-0.39, 0.29) is 6.42 Å². The zero-order chi connectivity index (χ0) is 28.0. The Morgan fingerprint density at radius 2 is 1.97 bits per heavy atom. The van der Waals surface area contributed by atoms with Gasteiger partial charge in [0.25, 0.3) is 0 Å². The Morgan fingerprint density at radius 3 is 2.66 bits per heavy atom. The molecule has 200 valence electrons. The number of allylic oxidation sites excluding steroid dienone is 6. The monoisotopic (exact) mass is 552 g/mol. The average Bonchev–Trinajstić information content (AvgIpc) is 2.90. The van der Waals surface area contributed by atoms with Crippen LogP contribution in [-0.2, 0) is 4.79 Å². The number of carboxylic acids is 1. The van der Waals surface area contributed by atoms with Gasteiger partial charge in [-0.1, -0.05) is 72.3 Å². The number of aliphatic carboxylic acids is 1. The Kier molecular flexibility index (Phi) is 17.3. The lowest BCUT2D eigenvalue weighted by atomic mass is 10.2. The van der Waals surface area contributed by atoms with E-state index in [0.29, 0.717) is 28.8 Å². The van der Waals surface area contributed by atoms with Crippen LogP contribution < -0.4 is 10.5 Å². The van der Waals surface area contributed by atoms with Gasteiger partial charge in [-0.15, -0.1) is 0 Å². The summed E-state index contributed by atoms with van der Waals surface area (Å²) in [4.78, 5) is 14.6. The third-order valence-electron chi connectivity index (χ3n) is 4.60. The summed E-state index contributed by atoms with van der Waals surface area (Å²) in [6.07, 6.45) is 17.4. The first kappa shape index (κ1) is 32.3. The lowest BCUT2D eigenvalue weighted by molar-refractivity contribution is -0.137. The van der Waals surface area contributed by atoms with Crippen LogP contribution in [0.25, 0.3) is 5.70 Å². The van der Waals surface area contributed by atoms with Crippen molar-refractivity contribution >= 4 is 41.1 Å². The van der Waals surface area contributed by atoms with Crippen molar-refractivity contribution in [1.82, 2.24) is 0 Å². The van der Waals surface area contributed by atoms with E-state index in [1.54, 1.807) is 24.4 Å². The van der Waals surface area contributed by atoms with Crippen LogP contribution in [0.4, 0.5) is 0 Å². The number of hydrogen-bond donors (Lipinski definition) is 2. The standard InChI is InChI=1S/C16H18O3.C15H16Cl2N2/c1-2-3-4-5-8-14-9-6-10-15(13-14)19-12-7-11-16(17)18;1-2-3-4-5-6-9-19-15(11-18)13-8-7-12(16)10-14(13)17/h3-4,6,9-10,13H,2,7,11-12H2,1H3,(H,17,18);2-3,5-11H,4,18H2,1H3/b4-3+;3-2-,6-5+,15-11-,19-9+. The smallest absolute Gasteiger partial charge is 0.303 e. The lowest BCUT2D eigenvalue weighted by Crippen LogP contribution is -2.02. The molecule has 2 rings (SSSR count). The number of ether oxygens (including phenoxy) is 1. The van der Waals surface area contributed by atoms with E-state index in [9.17, 15) is 4.79 Å². The number of hydrogen-bond acceptors (Lipinski definition) is 4. The van der Waals surface area contributed by atoms with Crippen molar-refractivity contribution in [2.45, 2.75) is 39.5 Å². The SMILES string of the molecule is C/C=C\C/C=C/C=N/C(=C\N)c1ccc(Cl)cc1Cl.CC/C=C/C#Cc1cccc(OCCCC(=O)O)c1. The molecule has 0 saturated carbocycles. The lowest BCUT2D eigenvalue weighted by Gasteiger charge is -2.05. The maximum absolute atomic E-state index is 10.4. The molecule has 0 aliphatic rings. The van der Waals surface area contributed by atoms with Gasteiger partial charge in [-0.2, -0.15) is 0 Å². The van der Waals surface area contributed by atoms with Gasteiger partial charge in [-0.05, 0) is 74.7 Å². The predicted octanol–water partition coefficient (Wildman–Crippen LogP) is 8.09. The number of nitrogens with zero attached hydrogens (tertiary/aromatic N) is 1. The van der Waals surface area contributed by atoms with Crippen molar-refractivity contribution in [1.29, 1.82) is 0 Å². The molecule has 7 heteroatoms. The topological polar surface area (TPSA) is 84.9 Å². The van der Waals surface area contributed by atoms with Gasteiger partial charge < -0.3 is 15.6 Å². The number of halogens is 2. The molecule has 0 unspecified atom stereocenters. The molecule has 0 fully saturated rings. The van der Waals surface area contributed by atoms with Gasteiger partial charge in [-0.3, -0.25) is 9.79 Å². The second-order valence-corrected chi connectivity index (χ2v) is 8.48. The molecule has 3 N–H and O–H groups in total. The maximum Gasteiger partial charge on any atom is 0.303 e. The zero-order valence-corrected chi connectivity index (χ0v) is 23.3. The number of aliphatic imine (C=N–C) groups is 1. The zero-order valence-electron chi connectivity index (χ0n) is 21.7. The highest BCUT2D eigenvalue weighted by molar-refractivity contribution is 6.35. The summed E-state index contributed by atoms with van der Waals surface area (Å²) in [6, 6.07) is 12.7. The maximum atomic E-state index is 10.4. The van der Waals surface area contributed by atoms with Crippen LogP contribution in [0.15, 0.2) is 90.1 Å². The van der Waals surface area contributed by atoms with Gasteiger partial charge in [0.1, 0.15) is 5.75 Å². The van der Waals surface area contributed by atoms with E-state index in [1.807, 2.05) is 61.6 Å². The fourth-order valence-electron chi connectivity index (χ4n) is 2.76. The molecule has 0 aliphatic carbocycles. The van der Waals surface area contributed by atoms with Gasteiger partial charge in [0.05, 0.1) is 17.3 Å². The van der Waals surface area contributed by atoms with E-state index in [2.05, 4.69) is 29.8 Å². The molecule has 0 atom stereocenters. The molecule has 0 radical (unpaired) electrons. The van der Waals surface area contributed by atoms with Gasteiger partial charge in [0, 0.05) is 35.0 Å². The molecule has 0 heterocycles. The minimum absolute atomic E-state index is 0.126. The number of carbonyl (C=O) groups is 1. The molecule has 38 heavy (non-hydrogen) atoms. The molecule has 5 nitrogen and oxygen atoms in total. The van der Waals surface area contributed by atoms with Crippen LogP contribution in [-0.4, -0.2) is 23.9 Å². The summed E-state index contributed by atoms with van der Waals surface area (Å²) in [5.41, 5.74) is 7.82. The Labute approximate surface area is 236 Å². The van der Waals surface area contributed by atoms with Crippen LogP contribution in [0.3, 0.4) is 0 Å². The molecule has 0 spiro atoms. The molecule has 0 aromatic heterocycles. The number of nitrogens with two attached hydrogens (primary N) is 1. The Bertz CT molecular complexity index is 1220. The summed E-state index contributed by atoms with van der Waals surface area (Å²) in [5, 5.41) is 9.63. The Hall–Kier alpha value is -3.72. The summed E-state index contributed by atoms with van der Waals surface area (Å²) in [6.45, 7) is 4.45. The summed E-state index contributed by atoms with van der Waals surface area (Å²) in [5.74, 6) is 5.88. The molecule has 0 bridgehead atoms. The van der Waals surface area contributed by atoms with Gasteiger partial charge >= 0.3 is 5.97 Å². The van der Waals surface area contributed by atoms with Gasteiger partial charge in [0.15, 0.2) is 0 Å². The quantitative estimate of drug-likeness (QED) is 0.127. The predicted molar refractivity (Wildman–Crippen MR) is 161 cm³/mol. The average molecular weight is 554 g/mol. The third kappa shape index (κ3) is 14.7. The number of rotatable bonds is 11. The molecule has 0 aliphatic heterocycles. The van der Waals surface area contributed by atoms with Crippen molar-refractivity contribution in [3.63, 3.8) is 0 Å². The van der Waals surface area contributed by atoms with Crippen molar-refractivity contribution in [2.24, 2.45) is 10.7 Å². The second-order valence-electron chi connectivity index (χ2n) is 7.64. The summed E-state index contributed by atoms with van der Waals surface area (Å²) < 4.78 is 5.48. The van der Waals surface area contributed by atoms with Crippen LogP contribution in [0.1, 0.15) is 50.7 Å². The normalized spacial score (nSPS) is 11.5. The second kappa shape index (κ2) is 20.4. The summed E-state index contributed by atoms with van der Waals surface area (Å²) in [7, 11) is 0. The first-order chi connectivity index (χ1) is 18.4. The van der Waals surface area contributed by atoms with Crippen molar-refractivity contribution < 1.29 is 14.6 Å². The third-order valence-corrected chi connectivity index (χ3v) is 5.15. The van der Waals surface area contributed by atoms with Gasteiger partial charge in [-0.25, -0.2) is 0 Å². The Morgan fingerprint density at radius 1 is 1.16 bits per heavy atom. The van der Waals surface area contributed by atoms with Crippen molar-refractivity contribution in [3.8, 4) is 17.6 Å². The highest BCUT2D eigenvalue weighted by Gasteiger charge is 2.05. The van der Waals surface area contributed by atoms with E-state index in [1.165, 1.54) is 6.20 Å². The highest BCUT2D eigenvalue weighted by atomic mass is 35.5. The van der Waals surface area contributed by atoms with E-state index >= 15 is 0 Å². The van der Waals surface area contributed by atoms with Crippen molar-refractivity contribution in [3.05, 3.63) is 106 Å². The fourth-order valence-corrected chi connectivity index (χ4v) is 3.26. The first-order valence-corrected chi connectivity index (χ1v) is 13.0. The molecular weight excluding hydrogens is 519 g/mol. The molecule has 0 saturated heterocycles. The van der Waals surface area contributed by atoms with Crippen LogP contribution in [0, 0.1) is 11.8 Å². The van der Waals surface area contributed by atoms with Crippen molar-refractivity contribution in [2.75, 3.05) is 6.61 Å². The molecule has 2 aromatic carbocycles. The summed E-state index contributed by atoms with van der Waals surface area (Å²) >= 11 is 12.0. The van der Waals surface area contributed by atoms with E-state index in [0.717, 1.165) is 29.7 Å². The van der Waals surface area contributed by atoms with Crippen LogP contribution >= 0.6 is 23.2 Å². The number of carboxylic acid groups (broad SMARTS) is 1.